The van der Waals surface area contributed by atoms with Crippen molar-refractivity contribution in [2.45, 2.75) is 0 Å². The van der Waals surface area contributed by atoms with Gasteiger partial charge in [-0.05, 0) is 18.2 Å². The highest BCUT2D eigenvalue weighted by molar-refractivity contribution is 5.83. The van der Waals surface area contributed by atoms with Crippen molar-refractivity contribution in [3.8, 4) is 11.5 Å². The molecule has 21 heavy (non-hydrogen) atoms. The Labute approximate surface area is 122 Å². The Hall–Kier alpha value is -2.82. The zero-order valence-corrected chi connectivity index (χ0v) is 11.8. The van der Waals surface area contributed by atoms with E-state index in [1.807, 2.05) is 42.5 Å². The highest BCUT2D eigenvalue weighted by atomic mass is 16.5. The summed E-state index contributed by atoms with van der Waals surface area (Å²) < 4.78 is 10.6. The second kappa shape index (κ2) is 5.66. The summed E-state index contributed by atoms with van der Waals surface area (Å²) in [4.78, 5) is 8.81. The lowest BCUT2D eigenvalue weighted by atomic mass is 10.2. The van der Waals surface area contributed by atoms with Crippen molar-refractivity contribution in [2.75, 3.05) is 19.5 Å². The highest BCUT2D eigenvalue weighted by Gasteiger charge is 2.08. The first-order valence-electron chi connectivity index (χ1n) is 6.51. The van der Waals surface area contributed by atoms with Crippen LogP contribution in [0.5, 0.6) is 11.5 Å². The lowest BCUT2D eigenvalue weighted by molar-refractivity contribution is 0.356. The Morgan fingerprint density at radius 1 is 0.952 bits per heavy atom. The molecule has 0 aliphatic rings. The number of hydrogen-bond acceptors (Lipinski definition) is 5. The Morgan fingerprint density at radius 3 is 2.38 bits per heavy atom. The minimum Gasteiger partial charge on any atom is -0.493 e. The van der Waals surface area contributed by atoms with Gasteiger partial charge in [-0.25, -0.2) is 9.97 Å². The van der Waals surface area contributed by atoms with Crippen molar-refractivity contribution in [2.24, 2.45) is 0 Å². The van der Waals surface area contributed by atoms with Gasteiger partial charge in [0, 0.05) is 23.3 Å². The number of hydrogen-bond donors (Lipinski definition) is 1. The number of ether oxygens (including phenoxy) is 2. The van der Waals surface area contributed by atoms with Crippen LogP contribution in [-0.2, 0) is 0 Å². The summed E-state index contributed by atoms with van der Waals surface area (Å²) in [7, 11) is 3.21. The summed E-state index contributed by atoms with van der Waals surface area (Å²) >= 11 is 0. The molecule has 0 unspecified atom stereocenters. The molecule has 0 aliphatic carbocycles. The summed E-state index contributed by atoms with van der Waals surface area (Å²) in [6.07, 6.45) is 1.76. The van der Waals surface area contributed by atoms with E-state index in [9.17, 15) is 0 Å². The van der Waals surface area contributed by atoms with Crippen molar-refractivity contribution in [3.05, 3.63) is 48.7 Å². The summed E-state index contributed by atoms with van der Waals surface area (Å²) in [5.41, 5.74) is 1.73. The molecule has 2 aromatic carbocycles. The lowest BCUT2D eigenvalue weighted by Crippen LogP contribution is -1.98. The van der Waals surface area contributed by atoms with E-state index >= 15 is 0 Å². The van der Waals surface area contributed by atoms with E-state index in [0.717, 1.165) is 16.6 Å². The van der Waals surface area contributed by atoms with Crippen LogP contribution in [0.2, 0.25) is 0 Å². The van der Waals surface area contributed by atoms with Crippen LogP contribution in [0, 0.1) is 0 Å². The number of methoxy groups -OCH3 is 2. The topological polar surface area (TPSA) is 56.3 Å². The van der Waals surface area contributed by atoms with Gasteiger partial charge in [-0.3, -0.25) is 0 Å². The third-order valence-electron chi connectivity index (χ3n) is 3.12. The van der Waals surface area contributed by atoms with Gasteiger partial charge in [-0.2, -0.15) is 0 Å². The summed E-state index contributed by atoms with van der Waals surface area (Å²) in [5, 5.41) is 4.06. The molecule has 0 atom stereocenters. The normalized spacial score (nSPS) is 10.4. The zero-order valence-electron chi connectivity index (χ0n) is 11.8. The average Bonchev–Trinajstić information content (AvgIpc) is 2.54. The van der Waals surface area contributed by atoms with Crippen LogP contribution >= 0.6 is 0 Å². The molecular weight excluding hydrogens is 266 g/mol. The molecule has 0 radical (unpaired) electrons. The molecule has 1 heterocycles. The third kappa shape index (κ3) is 2.72. The van der Waals surface area contributed by atoms with Gasteiger partial charge in [0.25, 0.3) is 0 Å². The SMILES string of the molecule is COc1cc2cnc(Nc3ccccc3)nc2cc1OC. The van der Waals surface area contributed by atoms with E-state index in [2.05, 4.69) is 15.3 Å². The highest BCUT2D eigenvalue weighted by Crippen LogP contribution is 2.31. The number of rotatable bonds is 4. The molecule has 0 fully saturated rings. The maximum atomic E-state index is 5.30. The summed E-state index contributed by atoms with van der Waals surface area (Å²) in [6.45, 7) is 0. The predicted molar refractivity (Wildman–Crippen MR) is 82.4 cm³/mol. The molecule has 3 aromatic rings. The number of nitrogens with one attached hydrogen (secondary N) is 1. The second-order valence-electron chi connectivity index (χ2n) is 4.45. The van der Waals surface area contributed by atoms with Crippen LogP contribution in [0.3, 0.4) is 0 Å². The smallest absolute Gasteiger partial charge is 0.227 e. The van der Waals surface area contributed by atoms with Gasteiger partial charge >= 0.3 is 0 Å². The fourth-order valence-electron chi connectivity index (χ4n) is 2.07. The van der Waals surface area contributed by atoms with E-state index in [-0.39, 0.29) is 0 Å². The first-order valence-corrected chi connectivity index (χ1v) is 6.51. The molecule has 5 heteroatoms. The third-order valence-corrected chi connectivity index (χ3v) is 3.12. The number of nitrogens with zero attached hydrogens (tertiary/aromatic N) is 2. The van der Waals surface area contributed by atoms with Crippen molar-refractivity contribution in [3.63, 3.8) is 0 Å². The second-order valence-corrected chi connectivity index (χ2v) is 4.45. The van der Waals surface area contributed by atoms with Crippen molar-refractivity contribution in [1.82, 2.24) is 9.97 Å². The number of para-hydroxylation sites is 1. The van der Waals surface area contributed by atoms with Crippen molar-refractivity contribution < 1.29 is 9.47 Å². The fourth-order valence-corrected chi connectivity index (χ4v) is 2.07. The van der Waals surface area contributed by atoms with E-state index in [4.69, 9.17) is 9.47 Å². The van der Waals surface area contributed by atoms with Crippen molar-refractivity contribution >= 4 is 22.5 Å². The molecule has 5 nitrogen and oxygen atoms in total. The average molecular weight is 281 g/mol. The van der Waals surface area contributed by atoms with E-state index in [1.54, 1.807) is 20.4 Å². The first kappa shape index (κ1) is 13.2. The molecule has 0 aliphatic heterocycles. The molecule has 0 bridgehead atoms. The molecule has 106 valence electrons. The number of aromatic nitrogens is 2. The van der Waals surface area contributed by atoms with Crippen LogP contribution in [0.15, 0.2) is 48.7 Å². The van der Waals surface area contributed by atoms with Crippen LogP contribution in [-0.4, -0.2) is 24.2 Å². The summed E-state index contributed by atoms with van der Waals surface area (Å²) in [6, 6.07) is 13.5. The molecule has 3 rings (SSSR count). The van der Waals surface area contributed by atoms with Gasteiger partial charge in [0.1, 0.15) is 0 Å². The molecule has 0 amide bonds. The largest absolute Gasteiger partial charge is 0.493 e. The summed E-state index contributed by atoms with van der Waals surface area (Å²) in [5.74, 6) is 1.85. The standard InChI is InChI=1S/C16H15N3O2/c1-20-14-8-11-10-17-16(18-12-6-4-3-5-7-12)19-13(11)9-15(14)21-2/h3-10H,1-2H3,(H,17,18,19). The molecule has 1 N–H and O–H groups in total. The van der Waals surface area contributed by atoms with Gasteiger partial charge in [0.15, 0.2) is 11.5 Å². The van der Waals surface area contributed by atoms with E-state index in [1.165, 1.54) is 0 Å². The van der Waals surface area contributed by atoms with E-state index < -0.39 is 0 Å². The van der Waals surface area contributed by atoms with Crippen LogP contribution in [0.4, 0.5) is 11.6 Å². The fraction of sp³-hybridized carbons (Fsp3) is 0.125. The Balaban J connectivity index is 1.99. The predicted octanol–water partition coefficient (Wildman–Crippen LogP) is 3.39. The molecule has 1 aromatic heterocycles. The lowest BCUT2D eigenvalue weighted by Gasteiger charge is -2.10. The van der Waals surface area contributed by atoms with Crippen molar-refractivity contribution in [1.29, 1.82) is 0 Å². The van der Waals surface area contributed by atoms with Crippen LogP contribution < -0.4 is 14.8 Å². The Morgan fingerprint density at radius 2 is 1.67 bits per heavy atom. The van der Waals surface area contributed by atoms with Crippen LogP contribution in [0.25, 0.3) is 10.9 Å². The molecule has 0 spiro atoms. The Kier molecular flexibility index (Phi) is 3.55. The van der Waals surface area contributed by atoms with Gasteiger partial charge in [-0.15, -0.1) is 0 Å². The van der Waals surface area contributed by atoms with Gasteiger partial charge in [0.2, 0.25) is 5.95 Å². The Bertz CT molecular complexity index is 760. The zero-order chi connectivity index (χ0) is 14.7. The maximum Gasteiger partial charge on any atom is 0.227 e. The van der Waals surface area contributed by atoms with Gasteiger partial charge in [0.05, 0.1) is 19.7 Å². The number of fused-ring (bicyclic) bond motifs is 1. The number of benzene rings is 2. The molecule has 0 saturated carbocycles. The van der Waals surface area contributed by atoms with Crippen LogP contribution in [0.1, 0.15) is 0 Å². The molecular formula is C16H15N3O2. The van der Waals surface area contributed by atoms with E-state index in [0.29, 0.717) is 17.4 Å². The van der Waals surface area contributed by atoms with Gasteiger partial charge < -0.3 is 14.8 Å². The minimum absolute atomic E-state index is 0.543. The maximum absolute atomic E-state index is 5.30. The van der Waals surface area contributed by atoms with Gasteiger partial charge in [-0.1, -0.05) is 18.2 Å². The monoisotopic (exact) mass is 281 g/mol. The minimum atomic E-state index is 0.543. The first-order chi connectivity index (χ1) is 10.3. The number of anilines is 2. The quantitative estimate of drug-likeness (QED) is 0.794. The molecule has 0 saturated heterocycles.